The summed E-state index contributed by atoms with van der Waals surface area (Å²) in [4.78, 5) is 26.9. The van der Waals surface area contributed by atoms with Gasteiger partial charge in [-0.05, 0) is 105 Å². The van der Waals surface area contributed by atoms with Crippen molar-refractivity contribution >= 4 is 11.7 Å². The largest absolute Gasteiger partial charge is 0.303 e. The Kier molecular flexibility index (Phi) is 7.30. The van der Waals surface area contributed by atoms with E-state index in [4.69, 9.17) is 10.3 Å². The van der Waals surface area contributed by atoms with Gasteiger partial charge in [-0.25, -0.2) is 18.8 Å². The van der Waals surface area contributed by atoms with Crippen LogP contribution in [-0.2, 0) is 10.3 Å². The normalized spacial score (nSPS) is 17.9. The van der Waals surface area contributed by atoms with Gasteiger partial charge in [-0.2, -0.15) is 5.26 Å². The molecule has 0 spiro atoms. The Labute approximate surface area is 221 Å². The summed E-state index contributed by atoms with van der Waals surface area (Å²) in [6.07, 6.45) is 4.50. The van der Waals surface area contributed by atoms with Gasteiger partial charge in [-0.3, -0.25) is 9.69 Å². The number of aromatic nitrogens is 1. The molecule has 2 aromatic carbocycles. The second-order valence-corrected chi connectivity index (χ2v) is 9.90. The summed E-state index contributed by atoms with van der Waals surface area (Å²) < 4.78 is 27.4. The minimum Gasteiger partial charge on any atom is -0.303 e. The predicted molar refractivity (Wildman–Crippen MR) is 140 cm³/mol. The van der Waals surface area contributed by atoms with Crippen LogP contribution >= 0.6 is 0 Å². The third-order valence-electron chi connectivity index (χ3n) is 7.61. The Bertz CT molecular complexity index is 1330. The first kappa shape index (κ1) is 25.7. The highest BCUT2D eigenvalue weighted by molar-refractivity contribution is 6.09. The molecule has 3 aromatic rings. The van der Waals surface area contributed by atoms with E-state index in [-0.39, 0.29) is 5.91 Å². The van der Waals surface area contributed by atoms with Crippen molar-refractivity contribution in [2.75, 3.05) is 26.2 Å². The van der Waals surface area contributed by atoms with Crippen LogP contribution in [0.5, 0.6) is 0 Å². The van der Waals surface area contributed by atoms with Crippen molar-refractivity contribution in [1.82, 2.24) is 14.8 Å². The lowest BCUT2D eigenvalue weighted by atomic mass is 9.82. The van der Waals surface area contributed by atoms with Gasteiger partial charge >= 0.3 is 0 Å². The molecule has 3 heterocycles. The number of likely N-dealkylation sites (tertiary alicyclic amines) is 1. The summed E-state index contributed by atoms with van der Waals surface area (Å²) in [5.74, 6) is 0.00241. The van der Waals surface area contributed by atoms with Crippen LogP contribution < -0.4 is 0 Å². The minimum absolute atomic E-state index is 0.210. The van der Waals surface area contributed by atoms with E-state index in [1.165, 1.54) is 29.8 Å². The van der Waals surface area contributed by atoms with E-state index in [0.29, 0.717) is 35.1 Å². The molecule has 0 radical (unpaired) electrons. The molecule has 38 heavy (non-hydrogen) atoms. The molecule has 2 aliphatic heterocycles. The quantitative estimate of drug-likeness (QED) is 0.446. The number of aliphatic imine (C=N–C) groups is 1. The van der Waals surface area contributed by atoms with Gasteiger partial charge in [-0.15, -0.1) is 0 Å². The van der Waals surface area contributed by atoms with E-state index in [0.717, 1.165) is 38.9 Å². The lowest BCUT2D eigenvalue weighted by Gasteiger charge is -2.32. The molecule has 1 saturated heterocycles. The molecule has 1 fully saturated rings. The molecule has 0 aliphatic carbocycles. The number of piperidine rings is 1. The summed E-state index contributed by atoms with van der Waals surface area (Å²) in [5, 5.41) is 9.12. The fourth-order valence-electron chi connectivity index (χ4n) is 5.59. The van der Waals surface area contributed by atoms with E-state index < -0.39 is 17.2 Å². The fourth-order valence-corrected chi connectivity index (χ4v) is 5.59. The maximum Gasteiger partial charge on any atom is 0.265 e. The SMILES string of the molecule is CC1=NC(c2ccc(F)cc2)(c2ccc(F)cc2)C(=O)N1CCCN1CCC(c2ccnc(C#N)c2)CC1. The second-order valence-electron chi connectivity index (χ2n) is 9.90. The third-order valence-corrected chi connectivity index (χ3v) is 7.61. The Balaban J connectivity index is 1.24. The van der Waals surface area contributed by atoms with Gasteiger partial charge < -0.3 is 4.90 Å². The zero-order chi connectivity index (χ0) is 26.7. The van der Waals surface area contributed by atoms with Crippen molar-refractivity contribution in [3.63, 3.8) is 0 Å². The smallest absolute Gasteiger partial charge is 0.265 e. The highest BCUT2D eigenvalue weighted by Crippen LogP contribution is 2.40. The van der Waals surface area contributed by atoms with E-state index in [9.17, 15) is 13.6 Å². The number of nitriles is 1. The summed E-state index contributed by atoms with van der Waals surface area (Å²) in [7, 11) is 0. The van der Waals surface area contributed by atoms with Crippen LogP contribution in [0, 0.1) is 23.0 Å². The number of benzene rings is 2. The molecule has 194 valence electrons. The molecule has 2 aliphatic rings. The van der Waals surface area contributed by atoms with Crippen molar-refractivity contribution in [2.24, 2.45) is 4.99 Å². The third kappa shape index (κ3) is 4.94. The number of carbonyl (C=O) groups is 1. The maximum absolute atomic E-state index is 13.9. The summed E-state index contributed by atoms with van der Waals surface area (Å²) in [5.41, 5.74) is 1.36. The van der Waals surface area contributed by atoms with Crippen LogP contribution in [0.15, 0.2) is 71.9 Å². The first-order valence-corrected chi connectivity index (χ1v) is 12.9. The number of hydrogen-bond donors (Lipinski definition) is 0. The summed E-state index contributed by atoms with van der Waals surface area (Å²) >= 11 is 0. The van der Waals surface area contributed by atoms with Crippen molar-refractivity contribution < 1.29 is 13.6 Å². The molecule has 0 atom stereocenters. The van der Waals surface area contributed by atoms with Crippen LogP contribution in [0.4, 0.5) is 8.78 Å². The van der Waals surface area contributed by atoms with E-state index >= 15 is 0 Å². The molecule has 0 unspecified atom stereocenters. The zero-order valence-electron chi connectivity index (χ0n) is 21.3. The van der Waals surface area contributed by atoms with E-state index in [1.54, 1.807) is 35.4 Å². The zero-order valence-corrected chi connectivity index (χ0v) is 21.3. The van der Waals surface area contributed by atoms with Crippen molar-refractivity contribution in [3.05, 3.63) is 101 Å². The Morgan fingerprint density at radius 2 is 1.58 bits per heavy atom. The maximum atomic E-state index is 13.9. The highest BCUT2D eigenvalue weighted by atomic mass is 19.1. The molecule has 1 aromatic heterocycles. The molecule has 0 N–H and O–H groups in total. The number of nitrogens with zero attached hydrogens (tertiary/aromatic N) is 5. The van der Waals surface area contributed by atoms with Gasteiger partial charge in [0.15, 0.2) is 5.54 Å². The lowest BCUT2D eigenvalue weighted by Crippen LogP contribution is -2.43. The Hall–Kier alpha value is -3.96. The molecule has 5 rings (SSSR count). The first-order chi connectivity index (χ1) is 18.4. The highest BCUT2D eigenvalue weighted by Gasteiger charge is 2.49. The van der Waals surface area contributed by atoms with Crippen molar-refractivity contribution in [1.29, 1.82) is 5.26 Å². The molecule has 0 saturated carbocycles. The predicted octanol–water partition coefficient (Wildman–Crippen LogP) is 5.01. The van der Waals surface area contributed by atoms with Crippen LogP contribution in [0.25, 0.3) is 0 Å². The van der Waals surface area contributed by atoms with E-state index in [2.05, 4.69) is 16.0 Å². The number of carbonyl (C=O) groups excluding carboxylic acids is 1. The Morgan fingerprint density at radius 1 is 0.974 bits per heavy atom. The number of halogens is 2. The number of pyridine rings is 1. The molecule has 6 nitrogen and oxygen atoms in total. The first-order valence-electron chi connectivity index (χ1n) is 12.9. The Morgan fingerprint density at radius 3 is 2.16 bits per heavy atom. The average molecular weight is 514 g/mol. The standard InChI is InChI=1S/C30H29F2N5O/c1-21-35-30(24-3-7-26(31)8-4-24,25-5-9-27(32)10-6-25)29(38)37(21)16-2-15-36-17-12-22(13-18-36)23-11-14-34-28(19-23)20-33/h3-11,14,19,22H,2,12-13,15-18H2,1H3. The van der Waals surface area contributed by atoms with Gasteiger partial charge in [0.1, 0.15) is 29.2 Å². The monoisotopic (exact) mass is 513 g/mol. The van der Waals surface area contributed by atoms with Gasteiger partial charge in [-0.1, -0.05) is 24.3 Å². The van der Waals surface area contributed by atoms with Crippen LogP contribution in [0.1, 0.15) is 54.5 Å². The van der Waals surface area contributed by atoms with Gasteiger partial charge in [0.2, 0.25) is 0 Å². The van der Waals surface area contributed by atoms with Gasteiger partial charge in [0.25, 0.3) is 5.91 Å². The van der Waals surface area contributed by atoms with Crippen LogP contribution in [-0.4, -0.2) is 52.7 Å². The van der Waals surface area contributed by atoms with Crippen molar-refractivity contribution in [3.8, 4) is 6.07 Å². The van der Waals surface area contributed by atoms with Crippen LogP contribution in [0.3, 0.4) is 0 Å². The molecular weight excluding hydrogens is 484 g/mol. The van der Waals surface area contributed by atoms with E-state index in [1.807, 2.05) is 19.1 Å². The fraction of sp³-hybridized carbons (Fsp3) is 0.333. The lowest BCUT2D eigenvalue weighted by molar-refractivity contribution is -0.130. The molecule has 8 heteroatoms. The summed E-state index contributed by atoms with van der Waals surface area (Å²) in [6, 6.07) is 17.6. The number of rotatable bonds is 7. The molecule has 1 amide bonds. The average Bonchev–Trinajstić information content (AvgIpc) is 3.20. The summed E-state index contributed by atoms with van der Waals surface area (Å²) in [6.45, 7) is 5.07. The minimum atomic E-state index is -1.36. The van der Waals surface area contributed by atoms with Crippen LogP contribution in [0.2, 0.25) is 0 Å². The topological polar surface area (TPSA) is 72.6 Å². The number of amidine groups is 1. The second kappa shape index (κ2) is 10.8. The number of hydrogen-bond acceptors (Lipinski definition) is 5. The van der Waals surface area contributed by atoms with Crippen molar-refractivity contribution in [2.45, 2.75) is 37.6 Å². The number of amides is 1. The molecular formula is C30H29F2N5O. The van der Waals surface area contributed by atoms with Gasteiger partial charge in [0.05, 0.1) is 0 Å². The molecule has 0 bridgehead atoms. The van der Waals surface area contributed by atoms with Gasteiger partial charge in [0, 0.05) is 12.7 Å².